The molecule has 1 atom stereocenters. The zero-order valence-corrected chi connectivity index (χ0v) is 13.7. The maximum absolute atomic E-state index is 12.6. The summed E-state index contributed by atoms with van der Waals surface area (Å²) in [6.45, 7) is 1.82. The van der Waals surface area contributed by atoms with Gasteiger partial charge < -0.3 is 25.5 Å². The Kier molecular flexibility index (Phi) is 3.87. The van der Waals surface area contributed by atoms with Gasteiger partial charge in [-0.05, 0) is 23.5 Å². The van der Waals surface area contributed by atoms with Crippen LogP contribution in [0.3, 0.4) is 0 Å². The van der Waals surface area contributed by atoms with Crippen molar-refractivity contribution >= 4 is 24.7 Å². The lowest BCUT2D eigenvalue weighted by Gasteiger charge is -2.29. The Bertz CT molecular complexity index is 932. The van der Waals surface area contributed by atoms with E-state index in [1.807, 2.05) is 6.92 Å². The predicted octanol–water partition coefficient (Wildman–Crippen LogP) is 0.965. The fraction of sp³-hybridized carbons (Fsp3) is 0.167. The topological polar surface area (TPSA) is 118 Å². The fourth-order valence-corrected chi connectivity index (χ4v) is 3.06. The molecule has 0 saturated carbocycles. The SMILES string of the molecule is Bc1cc(C2=C(O)C(c3cc(CC)c(O)cc3O)C2=O)c(O)cc1O. The fourth-order valence-electron chi connectivity index (χ4n) is 3.06. The molecule has 0 bridgehead atoms. The zero-order valence-electron chi connectivity index (χ0n) is 13.7. The van der Waals surface area contributed by atoms with Crippen LogP contribution in [0.15, 0.2) is 30.0 Å². The first kappa shape index (κ1) is 16.8. The molecule has 1 unspecified atom stereocenters. The highest BCUT2D eigenvalue weighted by molar-refractivity contribution is 6.36. The number of benzene rings is 2. The lowest BCUT2D eigenvalue weighted by Crippen LogP contribution is -2.29. The van der Waals surface area contributed by atoms with Crippen LogP contribution in [0.1, 0.15) is 29.5 Å². The number of aryl methyl sites for hydroxylation is 1. The van der Waals surface area contributed by atoms with E-state index in [4.69, 9.17) is 0 Å². The third kappa shape index (κ3) is 2.48. The van der Waals surface area contributed by atoms with Crippen LogP contribution in [0.4, 0.5) is 0 Å². The maximum Gasteiger partial charge on any atom is 0.182 e. The quantitative estimate of drug-likeness (QED) is 0.531. The number of hydrogen-bond donors (Lipinski definition) is 5. The second-order valence-electron chi connectivity index (χ2n) is 6.11. The lowest BCUT2D eigenvalue weighted by atomic mass is 9.73. The van der Waals surface area contributed by atoms with Crippen LogP contribution < -0.4 is 5.46 Å². The second-order valence-corrected chi connectivity index (χ2v) is 6.11. The van der Waals surface area contributed by atoms with Gasteiger partial charge in [0.1, 0.15) is 42.5 Å². The molecule has 0 aromatic heterocycles. The van der Waals surface area contributed by atoms with Crippen molar-refractivity contribution in [2.75, 3.05) is 0 Å². The van der Waals surface area contributed by atoms with Crippen molar-refractivity contribution in [1.82, 2.24) is 0 Å². The van der Waals surface area contributed by atoms with Gasteiger partial charge in [0.25, 0.3) is 0 Å². The van der Waals surface area contributed by atoms with Gasteiger partial charge in [0, 0.05) is 23.3 Å². The van der Waals surface area contributed by atoms with E-state index in [0.29, 0.717) is 17.4 Å². The molecule has 5 N–H and O–H groups in total. The molecule has 2 aromatic rings. The van der Waals surface area contributed by atoms with E-state index in [9.17, 15) is 30.3 Å². The number of hydrogen-bond acceptors (Lipinski definition) is 6. The Morgan fingerprint density at radius 3 is 2.16 bits per heavy atom. The highest BCUT2D eigenvalue weighted by Gasteiger charge is 2.43. The van der Waals surface area contributed by atoms with E-state index < -0.39 is 11.7 Å². The van der Waals surface area contributed by atoms with Crippen LogP contribution >= 0.6 is 0 Å². The Labute approximate surface area is 144 Å². The minimum absolute atomic E-state index is 0.0453. The van der Waals surface area contributed by atoms with Crippen LogP contribution in [0.2, 0.25) is 0 Å². The van der Waals surface area contributed by atoms with Crippen molar-refractivity contribution in [3.8, 4) is 23.0 Å². The van der Waals surface area contributed by atoms with Crippen molar-refractivity contribution in [2.45, 2.75) is 19.3 Å². The number of ketones is 1. The summed E-state index contributed by atoms with van der Waals surface area (Å²) in [6, 6.07) is 5.16. The summed E-state index contributed by atoms with van der Waals surface area (Å²) in [7, 11) is 1.61. The molecule has 0 amide bonds. The molecule has 0 heterocycles. The summed E-state index contributed by atoms with van der Waals surface area (Å²) < 4.78 is 0. The molecule has 7 heteroatoms. The molecule has 3 rings (SSSR count). The Morgan fingerprint density at radius 2 is 1.56 bits per heavy atom. The van der Waals surface area contributed by atoms with E-state index in [0.717, 1.165) is 12.1 Å². The van der Waals surface area contributed by atoms with Gasteiger partial charge in [0.05, 0.1) is 5.57 Å². The Balaban J connectivity index is 2.10. The molecule has 25 heavy (non-hydrogen) atoms. The minimum atomic E-state index is -1.05. The van der Waals surface area contributed by atoms with Gasteiger partial charge in [-0.2, -0.15) is 0 Å². The molecule has 6 nitrogen and oxygen atoms in total. The highest BCUT2D eigenvalue weighted by Crippen LogP contribution is 2.48. The van der Waals surface area contributed by atoms with Crippen LogP contribution in [0.25, 0.3) is 5.57 Å². The van der Waals surface area contributed by atoms with Gasteiger partial charge in [-0.1, -0.05) is 13.0 Å². The lowest BCUT2D eigenvalue weighted by molar-refractivity contribution is -0.116. The summed E-state index contributed by atoms with van der Waals surface area (Å²) in [5.74, 6) is -2.58. The van der Waals surface area contributed by atoms with Gasteiger partial charge in [-0.15, -0.1) is 0 Å². The van der Waals surface area contributed by atoms with Crippen molar-refractivity contribution in [1.29, 1.82) is 0 Å². The molecule has 1 aliphatic carbocycles. The number of phenols is 4. The van der Waals surface area contributed by atoms with E-state index in [2.05, 4.69) is 0 Å². The van der Waals surface area contributed by atoms with Gasteiger partial charge in [0.2, 0.25) is 0 Å². The van der Waals surface area contributed by atoms with Crippen molar-refractivity contribution in [3.63, 3.8) is 0 Å². The van der Waals surface area contributed by atoms with Gasteiger partial charge >= 0.3 is 0 Å². The average Bonchev–Trinajstić information content (AvgIpc) is 2.55. The monoisotopic (exact) mass is 340 g/mol. The van der Waals surface area contributed by atoms with Gasteiger partial charge in [0.15, 0.2) is 5.78 Å². The number of aliphatic hydroxyl groups excluding tert-OH is 1. The molecule has 0 fully saturated rings. The first-order chi connectivity index (χ1) is 11.8. The number of aromatic hydroxyl groups is 4. The number of rotatable bonds is 3. The molecule has 128 valence electrons. The van der Waals surface area contributed by atoms with Crippen LogP contribution in [-0.2, 0) is 11.2 Å². The van der Waals surface area contributed by atoms with Crippen LogP contribution in [0.5, 0.6) is 23.0 Å². The summed E-state index contributed by atoms with van der Waals surface area (Å²) in [6.07, 6.45) is 0.495. The molecule has 0 saturated heterocycles. The highest BCUT2D eigenvalue weighted by atomic mass is 16.3. The Morgan fingerprint density at radius 1 is 0.920 bits per heavy atom. The van der Waals surface area contributed by atoms with Gasteiger partial charge in [-0.3, -0.25) is 4.79 Å². The third-order valence-corrected chi connectivity index (χ3v) is 4.54. The number of phenolic OH excluding ortho intramolecular Hbond substituents is 4. The van der Waals surface area contributed by atoms with E-state index in [-0.39, 0.29) is 45.5 Å². The minimum Gasteiger partial charge on any atom is -0.510 e. The van der Waals surface area contributed by atoms with E-state index in [1.165, 1.54) is 12.1 Å². The first-order valence-electron chi connectivity index (χ1n) is 7.81. The van der Waals surface area contributed by atoms with Crippen LogP contribution in [-0.4, -0.2) is 39.2 Å². The number of Topliss-reactive ketones (excluding diaryl/α,β-unsaturated/α-hetero) is 1. The average molecular weight is 340 g/mol. The Hall–Kier alpha value is -3.09. The number of allylic oxidation sites excluding steroid dienone is 2. The summed E-state index contributed by atoms with van der Waals surface area (Å²) in [5, 5.41) is 49.8. The summed E-state index contributed by atoms with van der Waals surface area (Å²) >= 11 is 0. The van der Waals surface area contributed by atoms with Crippen molar-refractivity contribution < 1.29 is 30.3 Å². The normalized spacial score (nSPS) is 16.8. The predicted molar refractivity (Wildman–Crippen MR) is 94.4 cm³/mol. The van der Waals surface area contributed by atoms with Crippen LogP contribution in [0, 0.1) is 0 Å². The molecule has 0 radical (unpaired) electrons. The number of carbonyl (C=O) groups excluding carboxylic acids is 1. The standard InChI is InChI=1S/C18H17BO6/c1-2-7-3-8(12(21)5-11(7)20)15-17(24)16(18(15)25)9-4-10(19)14(23)6-13(9)22/h3-6,15,20-24H,2,19H2,1H3. The largest absolute Gasteiger partial charge is 0.510 e. The van der Waals surface area contributed by atoms with Gasteiger partial charge in [-0.25, -0.2) is 0 Å². The molecule has 1 aliphatic rings. The second kappa shape index (κ2) is 5.77. The molecular formula is C18H17BO6. The summed E-state index contributed by atoms with van der Waals surface area (Å²) in [5.41, 5.74) is 1.28. The molecule has 2 aromatic carbocycles. The maximum atomic E-state index is 12.6. The molecule has 0 aliphatic heterocycles. The van der Waals surface area contributed by atoms with Crippen molar-refractivity contribution in [2.24, 2.45) is 0 Å². The number of carbonyl (C=O) groups is 1. The summed E-state index contributed by atoms with van der Waals surface area (Å²) in [4.78, 5) is 12.6. The smallest absolute Gasteiger partial charge is 0.182 e. The number of aliphatic hydroxyl groups is 1. The van der Waals surface area contributed by atoms with E-state index >= 15 is 0 Å². The molecular weight excluding hydrogens is 323 g/mol. The molecule has 0 spiro atoms. The third-order valence-electron chi connectivity index (χ3n) is 4.54. The first-order valence-corrected chi connectivity index (χ1v) is 7.81. The van der Waals surface area contributed by atoms with E-state index in [1.54, 1.807) is 7.85 Å². The zero-order chi connectivity index (χ0) is 18.5. The van der Waals surface area contributed by atoms with Crippen molar-refractivity contribution in [3.05, 3.63) is 46.7 Å².